The summed E-state index contributed by atoms with van der Waals surface area (Å²) in [7, 11) is 0. The minimum Gasteiger partial charge on any atom is -0.458 e. The highest BCUT2D eigenvalue weighted by Gasteiger charge is 2.33. The van der Waals surface area contributed by atoms with Crippen molar-refractivity contribution >= 4 is 17.7 Å². The van der Waals surface area contributed by atoms with Crippen LogP contribution in [-0.2, 0) is 30.5 Å². The number of benzene rings is 1. The molecule has 1 fully saturated rings. The summed E-state index contributed by atoms with van der Waals surface area (Å²) in [6.45, 7) is 0.0566. The first-order chi connectivity index (χ1) is 9.16. The van der Waals surface area contributed by atoms with Crippen LogP contribution in [0.2, 0.25) is 0 Å². The van der Waals surface area contributed by atoms with E-state index in [1.54, 1.807) is 12.1 Å². The molecule has 2 rings (SSSR count). The van der Waals surface area contributed by atoms with Crippen LogP contribution in [0.4, 0.5) is 0 Å². The molecule has 5 heteroatoms. The summed E-state index contributed by atoms with van der Waals surface area (Å²) < 4.78 is 9.82. The summed E-state index contributed by atoms with van der Waals surface area (Å²) >= 11 is 0. The predicted molar refractivity (Wildman–Crippen MR) is 65.0 cm³/mol. The highest BCUT2D eigenvalue weighted by molar-refractivity contribution is 6.04. The van der Waals surface area contributed by atoms with Gasteiger partial charge in [0.25, 0.3) is 6.10 Å². The van der Waals surface area contributed by atoms with Gasteiger partial charge in [0, 0.05) is 12.8 Å². The molecule has 1 heterocycles. The Balaban J connectivity index is 1.94. The second-order valence-corrected chi connectivity index (χ2v) is 4.28. The first kappa shape index (κ1) is 13.3. The van der Waals surface area contributed by atoms with E-state index >= 15 is 0 Å². The van der Waals surface area contributed by atoms with Gasteiger partial charge in [0.05, 0.1) is 0 Å². The van der Waals surface area contributed by atoms with Crippen LogP contribution in [0.25, 0.3) is 0 Å². The molecule has 1 aliphatic heterocycles. The van der Waals surface area contributed by atoms with E-state index in [4.69, 9.17) is 9.47 Å². The molecular formula is C14H14O5. The van der Waals surface area contributed by atoms with Gasteiger partial charge in [0.2, 0.25) is 0 Å². The molecule has 0 N–H and O–H groups in total. The number of Topliss-reactive ketones (excluding diaryl/α,β-unsaturated/α-hetero) is 1. The fourth-order valence-electron chi connectivity index (χ4n) is 1.78. The maximum absolute atomic E-state index is 11.8. The van der Waals surface area contributed by atoms with Crippen LogP contribution in [0, 0.1) is 0 Å². The first-order valence-electron chi connectivity index (χ1n) is 6.09. The monoisotopic (exact) mass is 262 g/mol. The van der Waals surface area contributed by atoms with E-state index in [0.717, 1.165) is 5.56 Å². The Morgan fingerprint density at radius 1 is 1.21 bits per heavy atom. The maximum atomic E-state index is 11.8. The van der Waals surface area contributed by atoms with Gasteiger partial charge in [0.15, 0.2) is 5.78 Å². The van der Waals surface area contributed by atoms with Gasteiger partial charge in [-0.2, -0.15) is 0 Å². The average Bonchev–Trinajstić information content (AvgIpc) is 2.59. The molecule has 0 spiro atoms. The molecule has 1 aromatic carbocycles. The number of cyclic esters (lactones) is 1. The van der Waals surface area contributed by atoms with Gasteiger partial charge in [-0.25, -0.2) is 4.79 Å². The molecule has 1 saturated heterocycles. The predicted octanol–water partition coefficient (Wildman–Crippen LogP) is 1.39. The van der Waals surface area contributed by atoms with Crippen molar-refractivity contribution in [3.8, 4) is 0 Å². The van der Waals surface area contributed by atoms with Crippen LogP contribution in [-0.4, -0.2) is 23.8 Å². The lowest BCUT2D eigenvalue weighted by atomic mass is 10.1. The van der Waals surface area contributed by atoms with Crippen LogP contribution in [0.5, 0.6) is 0 Å². The minimum absolute atomic E-state index is 0.0566. The molecule has 1 aromatic rings. The number of hydrogen-bond donors (Lipinski definition) is 0. The Morgan fingerprint density at radius 3 is 2.68 bits per heavy atom. The smallest absolute Gasteiger partial charge is 0.355 e. The molecule has 5 nitrogen and oxygen atoms in total. The normalized spacial score (nSPS) is 19.5. The molecule has 100 valence electrons. The van der Waals surface area contributed by atoms with Crippen molar-refractivity contribution in [2.24, 2.45) is 0 Å². The lowest BCUT2D eigenvalue weighted by Gasteiger charge is -2.13. The number of carbonyl (C=O) groups is 3. The Bertz CT molecular complexity index is 480. The number of esters is 2. The fraction of sp³-hybridized carbons (Fsp3) is 0.357. The number of rotatable bonds is 3. The van der Waals surface area contributed by atoms with Crippen LogP contribution in [0.15, 0.2) is 30.3 Å². The van der Waals surface area contributed by atoms with Crippen molar-refractivity contribution in [1.82, 2.24) is 0 Å². The van der Waals surface area contributed by atoms with E-state index < -0.39 is 23.8 Å². The summed E-state index contributed by atoms with van der Waals surface area (Å²) in [6.07, 6.45) is -0.663. The third-order valence-corrected chi connectivity index (χ3v) is 2.78. The lowest BCUT2D eigenvalue weighted by Crippen LogP contribution is -2.34. The second kappa shape index (κ2) is 6.13. The van der Waals surface area contributed by atoms with E-state index in [2.05, 4.69) is 0 Å². The van der Waals surface area contributed by atoms with Gasteiger partial charge in [-0.3, -0.25) is 9.59 Å². The fourth-order valence-corrected chi connectivity index (χ4v) is 1.78. The highest BCUT2D eigenvalue weighted by atomic mass is 16.6. The van der Waals surface area contributed by atoms with Crippen LogP contribution in [0.3, 0.4) is 0 Å². The Hall–Kier alpha value is -2.17. The highest BCUT2D eigenvalue weighted by Crippen LogP contribution is 2.13. The van der Waals surface area contributed by atoms with Crippen LogP contribution in [0.1, 0.15) is 24.8 Å². The number of hydrogen-bond acceptors (Lipinski definition) is 5. The second-order valence-electron chi connectivity index (χ2n) is 4.28. The van der Waals surface area contributed by atoms with Gasteiger partial charge in [-0.15, -0.1) is 0 Å². The number of ketones is 1. The standard InChI is InChI=1S/C14H14O5/c15-11-7-4-8-12(16)19-13(11)14(17)18-9-10-5-2-1-3-6-10/h1-3,5-6,13H,4,7-9H2. The molecule has 0 amide bonds. The Morgan fingerprint density at radius 2 is 1.95 bits per heavy atom. The molecule has 0 aliphatic carbocycles. The molecule has 0 bridgehead atoms. The van der Waals surface area contributed by atoms with Crippen molar-refractivity contribution in [2.45, 2.75) is 32.0 Å². The molecular weight excluding hydrogens is 248 g/mol. The van der Waals surface area contributed by atoms with Crippen molar-refractivity contribution in [2.75, 3.05) is 0 Å². The SMILES string of the molecule is O=C1CCCC(=O)C(C(=O)OCc2ccccc2)O1. The molecule has 19 heavy (non-hydrogen) atoms. The van der Waals surface area contributed by atoms with E-state index in [1.807, 2.05) is 18.2 Å². The molecule has 1 unspecified atom stereocenters. The number of ether oxygens (including phenoxy) is 2. The third-order valence-electron chi connectivity index (χ3n) is 2.78. The van der Waals surface area contributed by atoms with E-state index in [0.29, 0.717) is 6.42 Å². The summed E-state index contributed by atoms with van der Waals surface area (Å²) in [5, 5.41) is 0. The molecule has 0 aromatic heterocycles. The Labute approximate surface area is 110 Å². The van der Waals surface area contributed by atoms with Crippen molar-refractivity contribution in [3.05, 3.63) is 35.9 Å². The van der Waals surface area contributed by atoms with Crippen molar-refractivity contribution < 1.29 is 23.9 Å². The van der Waals surface area contributed by atoms with Gasteiger partial charge in [0.1, 0.15) is 6.61 Å². The quantitative estimate of drug-likeness (QED) is 0.608. The van der Waals surface area contributed by atoms with Gasteiger partial charge in [-0.05, 0) is 12.0 Å². The summed E-state index contributed by atoms with van der Waals surface area (Å²) in [5.41, 5.74) is 0.809. The zero-order valence-corrected chi connectivity index (χ0v) is 10.3. The molecule has 0 radical (unpaired) electrons. The molecule has 0 saturated carbocycles. The van der Waals surface area contributed by atoms with Gasteiger partial charge in [-0.1, -0.05) is 30.3 Å². The zero-order valence-electron chi connectivity index (χ0n) is 10.3. The topological polar surface area (TPSA) is 69.7 Å². The average molecular weight is 262 g/mol. The van der Waals surface area contributed by atoms with Gasteiger partial charge >= 0.3 is 11.9 Å². The largest absolute Gasteiger partial charge is 0.458 e. The molecule has 1 atom stereocenters. The van der Waals surface area contributed by atoms with Crippen LogP contribution >= 0.6 is 0 Å². The van der Waals surface area contributed by atoms with Crippen molar-refractivity contribution in [3.63, 3.8) is 0 Å². The van der Waals surface area contributed by atoms with E-state index in [-0.39, 0.29) is 19.4 Å². The summed E-state index contributed by atoms with van der Waals surface area (Å²) in [6, 6.07) is 9.09. The van der Waals surface area contributed by atoms with Crippen molar-refractivity contribution in [1.29, 1.82) is 0 Å². The summed E-state index contributed by atoms with van der Waals surface area (Å²) in [5.74, 6) is -1.74. The first-order valence-corrected chi connectivity index (χ1v) is 6.09. The van der Waals surface area contributed by atoms with Gasteiger partial charge < -0.3 is 9.47 Å². The minimum atomic E-state index is -1.40. The zero-order chi connectivity index (χ0) is 13.7. The number of carbonyl (C=O) groups excluding carboxylic acids is 3. The Kier molecular flexibility index (Phi) is 4.28. The summed E-state index contributed by atoms with van der Waals surface area (Å²) in [4.78, 5) is 34.6. The van der Waals surface area contributed by atoms with E-state index in [1.165, 1.54) is 0 Å². The lowest BCUT2D eigenvalue weighted by molar-refractivity contribution is -0.170. The van der Waals surface area contributed by atoms with Crippen LogP contribution < -0.4 is 0 Å². The van der Waals surface area contributed by atoms with E-state index in [9.17, 15) is 14.4 Å². The molecule has 1 aliphatic rings. The third kappa shape index (κ3) is 3.64. The maximum Gasteiger partial charge on any atom is 0.355 e.